The predicted molar refractivity (Wildman–Crippen MR) is 68.9 cm³/mol. The van der Waals surface area contributed by atoms with E-state index in [4.69, 9.17) is 0 Å². The highest BCUT2D eigenvalue weighted by Crippen LogP contribution is 2.25. The van der Waals surface area contributed by atoms with Crippen molar-refractivity contribution in [3.8, 4) is 0 Å². The lowest BCUT2D eigenvalue weighted by Crippen LogP contribution is -2.05. The van der Waals surface area contributed by atoms with Crippen molar-refractivity contribution in [1.29, 1.82) is 0 Å². The first kappa shape index (κ1) is 12.3. The zero-order valence-electron chi connectivity index (χ0n) is 10.6. The van der Waals surface area contributed by atoms with Crippen molar-refractivity contribution in [3.63, 3.8) is 0 Å². The van der Waals surface area contributed by atoms with Gasteiger partial charge in [0.25, 0.3) is 0 Å². The fraction of sp³-hybridized carbons (Fsp3) is 0.600. The monoisotopic (exact) mass is 204 g/mol. The second-order valence-corrected chi connectivity index (χ2v) is 5.44. The highest BCUT2D eigenvalue weighted by atomic mass is 14.2. The van der Waals surface area contributed by atoms with Gasteiger partial charge in [-0.05, 0) is 44.9 Å². The van der Waals surface area contributed by atoms with E-state index in [1.54, 1.807) is 0 Å². The normalized spacial score (nSPS) is 31.7. The average Bonchev–Trinajstić information content (AvgIpc) is 2.15. The maximum atomic E-state index is 2.40. The zero-order chi connectivity index (χ0) is 11.3. The molecule has 0 aromatic rings. The molecule has 84 valence electrons. The van der Waals surface area contributed by atoms with Gasteiger partial charge in [-0.3, -0.25) is 0 Å². The molecule has 0 N–H and O–H groups in total. The van der Waals surface area contributed by atoms with Crippen molar-refractivity contribution in [1.82, 2.24) is 0 Å². The molecule has 0 aliphatic heterocycles. The van der Waals surface area contributed by atoms with Crippen LogP contribution in [0.1, 0.15) is 53.4 Å². The maximum Gasteiger partial charge on any atom is -0.0140 e. The molecule has 0 spiro atoms. The van der Waals surface area contributed by atoms with E-state index in [0.717, 1.165) is 12.8 Å². The summed E-state index contributed by atoms with van der Waals surface area (Å²) >= 11 is 0. The van der Waals surface area contributed by atoms with Crippen LogP contribution in [0, 0.1) is 5.41 Å². The zero-order valence-corrected chi connectivity index (χ0v) is 10.6. The Labute approximate surface area is 94.8 Å². The number of rotatable bonds is 0. The smallest absolute Gasteiger partial charge is 0.0140 e. The van der Waals surface area contributed by atoms with Crippen LogP contribution in [-0.4, -0.2) is 0 Å². The van der Waals surface area contributed by atoms with Crippen molar-refractivity contribution >= 4 is 0 Å². The molecule has 0 saturated carbocycles. The fourth-order valence-electron chi connectivity index (χ4n) is 1.80. The van der Waals surface area contributed by atoms with Crippen LogP contribution in [0.2, 0.25) is 0 Å². The Morgan fingerprint density at radius 2 is 1.80 bits per heavy atom. The first-order chi connectivity index (χ1) is 6.99. The maximum absolute atomic E-state index is 2.40. The molecule has 0 aromatic heterocycles. The molecule has 0 saturated heterocycles. The number of hydrogen-bond acceptors (Lipinski definition) is 0. The van der Waals surface area contributed by atoms with Gasteiger partial charge in [0, 0.05) is 0 Å². The summed E-state index contributed by atoms with van der Waals surface area (Å²) in [5.41, 5.74) is 3.34. The summed E-state index contributed by atoms with van der Waals surface area (Å²) < 4.78 is 0. The highest BCUT2D eigenvalue weighted by Gasteiger charge is 2.11. The number of allylic oxidation sites excluding steroid dienone is 6. The summed E-state index contributed by atoms with van der Waals surface area (Å²) in [6.07, 6.45) is 14.1. The lowest BCUT2D eigenvalue weighted by atomic mass is 9.87. The van der Waals surface area contributed by atoms with E-state index in [1.807, 2.05) is 0 Å². The van der Waals surface area contributed by atoms with Gasteiger partial charge >= 0.3 is 0 Å². The molecular weight excluding hydrogens is 180 g/mol. The van der Waals surface area contributed by atoms with Crippen molar-refractivity contribution < 1.29 is 0 Å². The van der Waals surface area contributed by atoms with Crippen LogP contribution in [-0.2, 0) is 0 Å². The minimum Gasteiger partial charge on any atom is -0.0850 e. The van der Waals surface area contributed by atoms with Gasteiger partial charge in [0.2, 0.25) is 0 Å². The lowest BCUT2D eigenvalue weighted by molar-refractivity contribution is 0.486. The quantitative estimate of drug-likeness (QED) is 0.485. The van der Waals surface area contributed by atoms with Crippen LogP contribution in [0.3, 0.4) is 0 Å². The standard InChI is InChI=1S/C15H24/c1-13-7-5-8-14(2)10-12-15(3,4)11-6-9-13/h6-7,10-11H,5,8-9,12H2,1-4H3/b11-6-,13-7+,14-10-. The summed E-state index contributed by atoms with van der Waals surface area (Å²) in [4.78, 5) is 0. The molecule has 15 heavy (non-hydrogen) atoms. The second kappa shape index (κ2) is 5.34. The molecule has 0 heteroatoms. The Bertz CT molecular complexity index is 287. The summed E-state index contributed by atoms with van der Waals surface area (Å²) in [5.74, 6) is 0. The molecule has 1 aliphatic rings. The SMILES string of the molecule is C/C1=C/CC(C)(C)/C=C\C/C(C)=C/CC1. The fourth-order valence-corrected chi connectivity index (χ4v) is 1.80. The Morgan fingerprint density at radius 1 is 1.07 bits per heavy atom. The molecule has 0 heterocycles. The molecular formula is C15H24. The molecule has 0 radical (unpaired) electrons. The summed E-state index contributed by atoms with van der Waals surface area (Å²) in [6, 6.07) is 0. The Kier molecular flexibility index (Phi) is 4.38. The molecule has 1 aliphatic carbocycles. The molecule has 0 atom stereocenters. The largest absolute Gasteiger partial charge is 0.0850 e. The van der Waals surface area contributed by atoms with E-state index in [9.17, 15) is 0 Å². The van der Waals surface area contributed by atoms with Gasteiger partial charge in [-0.2, -0.15) is 0 Å². The van der Waals surface area contributed by atoms with Crippen molar-refractivity contribution in [2.24, 2.45) is 5.41 Å². The average molecular weight is 204 g/mol. The van der Waals surface area contributed by atoms with Gasteiger partial charge in [-0.15, -0.1) is 0 Å². The lowest BCUT2D eigenvalue weighted by Gasteiger charge is -2.18. The Hall–Kier alpha value is -0.780. The van der Waals surface area contributed by atoms with Crippen molar-refractivity contribution in [2.45, 2.75) is 53.4 Å². The first-order valence-corrected chi connectivity index (χ1v) is 5.98. The third kappa shape index (κ3) is 5.01. The van der Waals surface area contributed by atoms with Gasteiger partial charge < -0.3 is 0 Å². The second-order valence-electron chi connectivity index (χ2n) is 5.44. The van der Waals surface area contributed by atoms with Gasteiger partial charge in [0.05, 0.1) is 0 Å². The van der Waals surface area contributed by atoms with E-state index in [1.165, 1.54) is 24.0 Å². The summed E-state index contributed by atoms with van der Waals surface area (Å²) in [5, 5.41) is 0. The molecule has 1 rings (SSSR count). The summed E-state index contributed by atoms with van der Waals surface area (Å²) in [6.45, 7) is 9.10. The molecule has 0 aromatic carbocycles. The Balaban J connectivity index is 2.79. The minimum absolute atomic E-state index is 0.311. The third-order valence-electron chi connectivity index (χ3n) is 3.02. The summed E-state index contributed by atoms with van der Waals surface area (Å²) in [7, 11) is 0. The predicted octanol–water partition coefficient (Wildman–Crippen LogP) is 5.04. The van der Waals surface area contributed by atoms with Crippen molar-refractivity contribution in [2.75, 3.05) is 0 Å². The van der Waals surface area contributed by atoms with Crippen molar-refractivity contribution in [3.05, 3.63) is 35.5 Å². The third-order valence-corrected chi connectivity index (χ3v) is 3.02. The van der Waals surface area contributed by atoms with Crippen LogP contribution in [0.4, 0.5) is 0 Å². The molecule has 0 unspecified atom stereocenters. The van der Waals surface area contributed by atoms with E-state index < -0.39 is 0 Å². The molecule has 0 fully saturated rings. The van der Waals surface area contributed by atoms with Crippen LogP contribution < -0.4 is 0 Å². The molecule has 0 bridgehead atoms. The Morgan fingerprint density at radius 3 is 2.53 bits per heavy atom. The van der Waals surface area contributed by atoms with E-state index in [2.05, 4.69) is 52.0 Å². The highest BCUT2D eigenvalue weighted by molar-refractivity contribution is 5.12. The van der Waals surface area contributed by atoms with E-state index in [0.29, 0.717) is 5.41 Å². The van der Waals surface area contributed by atoms with E-state index in [-0.39, 0.29) is 0 Å². The number of hydrogen-bond donors (Lipinski definition) is 0. The molecule has 0 amide bonds. The van der Waals surface area contributed by atoms with Crippen LogP contribution in [0.25, 0.3) is 0 Å². The van der Waals surface area contributed by atoms with Gasteiger partial charge in [0.15, 0.2) is 0 Å². The van der Waals surface area contributed by atoms with E-state index >= 15 is 0 Å². The van der Waals surface area contributed by atoms with Gasteiger partial charge in [-0.25, -0.2) is 0 Å². The van der Waals surface area contributed by atoms with Crippen LogP contribution >= 0.6 is 0 Å². The minimum atomic E-state index is 0.311. The van der Waals surface area contributed by atoms with Crippen LogP contribution in [0.5, 0.6) is 0 Å². The van der Waals surface area contributed by atoms with Gasteiger partial charge in [-0.1, -0.05) is 49.3 Å². The molecule has 0 nitrogen and oxygen atoms in total. The van der Waals surface area contributed by atoms with Gasteiger partial charge in [0.1, 0.15) is 0 Å². The first-order valence-electron chi connectivity index (χ1n) is 5.98. The topological polar surface area (TPSA) is 0 Å². The van der Waals surface area contributed by atoms with Crippen LogP contribution in [0.15, 0.2) is 35.5 Å².